The number of hydrogen-bond acceptors (Lipinski definition) is 2. The zero-order valence-electron chi connectivity index (χ0n) is 9.69. The Bertz CT molecular complexity index is 558. The van der Waals surface area contributed by atoms with E-state index in [0.717, 1.165) is 41.9 Å². The molecule has 0 N–H and O–H groups in total. The summed E-state index contributed by atoms with van der Waals surface area (Å²) >= 11 is 0. The molecule has 0 saturated carbocycles. The Morgan fingerprint density at radius 3 is 2.71 bits per heavy atom. The van der Waals surface area contributed by atoms with Gasteiger partial charge in [0.05, 0.1) is 5.69 Å². The molecule has 2 nitrogen and oxygen atoms in total. The summed E-state index contributed by atoms with van der Waals surface area (Å²) in [6.07, 6.45) is 5.18. The zero-order chi connectivity index (χ0) is 11.7. The summed E-state index contributed by atoms with van der Waals surface area (Å²) in [7, 11) is 0. The summed E-state index contributed by atoms with van der Waals surface area (Å²) in [6.45, 7) is 4.08. The second-order valence-corrected chi connectivity index (χ2v) is 4.38. The van der Waals surface area contributed by atoms with Gasteiger partial charge in [-0.2, -0.15) is 0 Å². The lowest BCUT2D eigenvalue weighted by Gasteiger charge is -2.17. The number of benzene rings is 1. The highest BCUT2D eigenvalue weighted by atomic mass is 14.9. The molecule has 3 rings (SSSR count). The minimum absolute atomic E-state index is 0.819. The van der Waals surface area contributed by atoms with Crippen molar-refractivity contribution in [1.82, 2.24) is 9.97 Å². The van der Waals surface area contributed by atoms with Gasteiger partial charge in [0.25, 0.3) is 0 Å². The van der Waals surface area contributed by atoms with E-state index in [1.807, 2.05) is 36.5 Å². The van der Waals surface area contributed by atoms with E-state index in [4.69, 9.17) is 0 Å². The number of hydrogen-bond donors (Lipinski definition) is 0. The quantitative estimate of drug-likeness (QED) is 0.738. The maximum Gasteiger partial charge on any atom is 0.159 e. The van der Waals surface area contributed by atoms with Crippen molar-refractivity contribution in [2.24, 2.45) is 0 Å². The Hall–Kier alpha value is -1.96. The van der Waals surface area contributed by atoms with Crippen LogP contribution in [0.5, 0.6) is 0 Å². The third-order valence-electron chi connectivity index (χ3n) is 3.17. The third kappa shape index (κ3) is 1.86. The Morgan fingerprint density at radius 1 is 1.06 bits per heavy atom. The van der Waals surface area contributed by atoms with E-state index in [1.54, 1.807) is 0 Å². The van der Waals surface area contributed by atoms with Crippen molar-refractivity contribution >= 4 is 5.57 Å². The molecular formula is C15H14N2. The first-order valence-electron chi connectivity index (χ1n) is 5.94. The van der Waals surface area contributed by atoms with Crippen molar-refractivity contribution < 1.29 is 0 Å². The van der Waals surface area contributed by atoms with Gasteiger partial charge in [-0.15, -0.1) is 0 Å². The fourth-order valence-corrected chi connectivity index (χ4v) is 2.23. The van der Waals surface area contributed by atoms with Crippen LogP contribution in [0.3, 0.4) is 0 Å². The van der Waals surface area contributed by atoms with E-state index in [0.29, 0.717) is 0 Å². The van der Waals surface area contributed by atoms with Crippen LogP contribution in [0, 0.1) is 0 Å². The first kappa shape index (κ1) is 10.2. The topological polar surface area (TPSA) is 25.8 Å². The maximum absolute atomic E-state index is 4.66. The van der Waals surface area contributed by atoms with Gasteiger partial charge >= 0.3 is 0 Å². The van der Waals surface area contributed by atoms with Gasteiger partial charge in [-0.1, -0.05) is 36.9 Å². The number of allylic oxidation sites excluding steroid dienone is 1. The minimum atomic E-state index is 0.819. The molecule has 1 aromatic carbocycles. The van der Waals surface area contributed by atoms with E-state index in [-0.39, 0.29) is 0 Å². The summed E-state index contributed by atoms with van der Waals surface area (Å²) in [6, 6.07) is 10.1. The van der Waals surface area contributed by atoms with Crippen molar-refractivity contribution in [3.05, 3.63) is 54.4 Å². The predicted octanol–water partition coefficient (Wildman–Crippen LogP) is 3.49. The molecular weight excluding hydrogens is 208 g/mol. The number of aromatic nitrogens is 2. The van der Waals surface area contributed by atoms with Gasteiger partial charge in [0.2, 0.25) is 0 Å². The SMILES string of the molecule is C=C1CCCc2nc(-c3ccccc3)ncc21. The first-order chi connectivity index (χ1) is 8.34. The number of aryl methyl sites for hydroxylation is 1. The molecule has 2 aromatic rings. The molecule has 0 atom stereocenters. The van der Waals surface area contributed by atoms with Crippen LogP contribution in [0.25, 0.3) is 17.0 Å². The largest absolute Gasteiger partial charge is 0.236 e. The third-order valence-corrected chi connectivity index (χ3v) is 3.17. The van der Waals surface area contributed by atoms with Crippen LogP contribution < -0.4 is 0 Å². The molecule has 84 valence electrons. The molecule has 2 heteroatoms. The van der Waals surface area contributed by atoms with E-state index in [2.05, 4.69) is 16.5 Å². The van der Waals surface area contributed by atoms with Crippen molar-refractivity contribution in [3.8, 4) is 11.4 Å². The van der Waals surface area contributed by atoms with Crippen LogP contribution >= 0.6 is 0 Å². The van der Waals surface area contributed by atoms with Crippen LogP contribution in [0.1, 0.15) is 24.1 Å². The second-order valence-electron chi connectivity index (χ2n) is 4.38. The molecule has 1 heterocycles. The Morgan fingerprint density at radius 2 is 1.88 bits per heavy atom. The average Bonchev–Trinajstić information content (AvgIpc) is 2.40. The van der Waals surface area contributed by atoms with Crippen molar-refractivity contribution in [2.75, 3.05) is 0 Å². The van der Waals surface area contributed by atoms with Crippen LogP contribution in [-0.2, 0) is 6.42 Å². The molecule has 0 fully saturated rings. The normalized spacial score (nSPS) is 14.5. The van der Waals surface area contributed by atoms with Crippen molar-refractivity contribution in [1.29, 1.82) is 0 Å². The molecule has 0 saturated heterocycles. The van der Waals surface area contributed by atoms with Crippen LogP contribution in [0.15, 0.2) is 43.1 Å². The highest BCUT2D eigenvalue weighted by Gasteiger charge is 2.15. The first-order valence-corrected chi connectivity index (χ1v) is 5.94. The van der Waals surface area contributed by atoms with E-state index >= 15 is 0 Å². The van der Waals surface area contributed by atoms with Gasteiger partial charge in [-0.25, -0.2) is 9.97 Å². The maximum atomic E-state index is 4.66. The highest BCUT2D eigenvalue weighted by molar-refractivity contribution is 5.67. The molecule has 0 aliphatic heterocycles. The van der Waals surface area contributed by atoms with Crippen molar-refractivity contribution in [3.63, 3.8) is 0 Å². The van der Waals surface area contributed by atoms with E-state index < -0.39 is 0 Å². The average molecular weight is 222 g/mol. The van der Waals surface area contributed by atoms with E-state index in [1.165, 1.54) is 5.57 Å². The molecule has 0 bridgehead atoms. The molecule has 17 heavy (non-hydrogen) atoms. The lowest BCUT2D eigenvalue weighted by Crippen LogP contribution is -2.06. The standard InChI is InChI=1S/C15H14N2/c1-11-6-5-9-14-13(11)10-16-15(17-14)12-7-3-2-4-8-12/h2-4,7-8,10H,1,5-6,9H2. The summed E-state index contributed by atoms with van der Waals surface area (Å²) in [5.74, 6) is 0.819. The lowest BCUT2D eigenvalue weighted by molar-refractivity contribution is 0.788. The summed E-state index contributed by atoms with van der Waals surface area (Å²) in [5.41, 5.74) is 4.54. The molecule has 0 radical (unpaired) electrons. The molecule has 0 unspecified atom stereocenters. The molecule has 0 amide bonds. The van der Waals surface area contributed by atoms with E-state index in [9.17, 15) is 0 Å². The monoisotopic (exact) mass is 222 g/mol. The number of rotatable bonds is 1. The summed E-state index contributed by atoms with van der Waals surface area (Å²) in [5, 5.41) is 0. The fraction of sp³-hybridized carbons (Fsp3) is 0.200. The van der Waals surface area contributed by atoms with Crippen molar-refractivity contribution in [2.45, 2.75) is 19.3 Å². The van der Waals surface area contributed by atoms with Crippen LogP contribution in [0.4, 0.5) is 0 Å². The molecule has 0 spiro atoms. The zero-order valence-corrected chi connectivity index (χ0v) is 9.69. The van der Waals surface area contributed by atoms with Gasteiger partial charge in [-0.3, -0.25) is 0 Å². The van der Waals surface area contributed by atoms with Crippen LogP contribution in [-0.4, -0.2) is 9.97 Å². The van der Waals surface area contributed by atoms with Gasteiger partial charge in [0, 0.05) is 17.3 Å². The van der Waals surface area contributed by atoms with Crippen LogP contribution in [0.2, 0.25) is 0 Å². The predicted molar refractivity (Wildman–Crippen MR) is 69.4 cm³/mol. The minimum Gasteiger partial charge on any atom is -0.236 e. The smallest absolute Gasteiger partial charge is 0.159 e. The van der Waals surface area contributed by atoms with Gasteiger partial charge in [-0.05, 0) is 24.8 Å². The fourth-order valence-electron chi connectivity index (χ4n) is 2.23. The van der Waals surface area contributed by atoms with Gasteiger partial charge in [0.1, 0.15) is 0 Å². The molecule has 1 aliphatic rings. The van der Waals surface area contributed by atoms with Gasteiger partial charge in [0.15, 0.2) is 5.82 Å². The lowest BCUT2D eigenvalue weighted by atomic mass is 9.93. The number of nitrogens with zero attached hydrogens (tertiary/aromatic N) is 2. The molecule has 1 aliphatic carbocycles. The summed E-state index contributed by atoms with van der Waals surface area (Å²) in [4.78, 5) is 9.10. The van der Waals surface area contributed by atoms with Gasteiger partial charge < -0.3 is 0 Å². The number of fused-ring (bicyclic) bond motifs is 1. The Balaban J connectivity index is 2.07. The Kier molecular flexibility index (Phi) is 2.48. The Labute approximate surface area is 101 Å². The summed E-state index contributed by atoms with van der Waals surface area (Å²) < 4.78 is 0. The highest BCUT2D eigenvalue weighted by Crippen LogP contribution is 2.28. The molecule has 1 aromatic heterocycles. The second kappa shape index (κ2) is 4.13.